The van der Waals surface area contributed by atoms with Crippen LogP contribution >= 0.6 is 0 Å². The fourth-order valence-corrected chi connectivity index (χ4v) is 2.91. The third-order valence-corrected chi connectivity index (χ3v) is 4.16. The first-order valence-corrected chi connectivity index (χ1v) is 8.07. The van der Waals surface area contributed by atoms with Gasteiger partial charge >= 0.3 is 0 Å². The highest BCUT2D eigenvalue weighted by molar-refractivity contribution is 4.76. The van der Waals surface area contributed by atoms with E-state index >= 15 is 0 Å². The van der Waals surface area contributed by atoms with Crippen molar-refractivity contribution < 1.29 is 0 Å². The van der Waals surface area contributed by atoms with Crippen LogP contribution in [0.3, 0.4) is 0 Å². The van der Waals surface area contributed by atoms with E-state index in [0.717, 1.165) is 18.4 Å². The quantitative estimate of drug-likeness (QED) is 0.677. The first-order valence-electron chi connectivity index (χ1n) is 8.07. The monoisotopic (exact) mass is 254 g/mol. The maximum absolute atomic E-state index is 3.67. The topological polar surface area (TPSA) is 15.3 Å². The van der Waals surface area contributed by atoms with Crippen molar-refractivity contribution in [3.63, 3.8) is 0 Å². The Morgan fingerprint density at radius 1 is 1.22 bits per heavy atom. The van der Waals surface area contributed by atoms with Crippen LogP contribution in [0.2, 0.25) is 0 Å². The van der Waals surface area contributed by atoms with Gasteiger partial charge in [0.15, 0.2) is 0 Å². The van der Waals surface area contributed by atoms with Crippen LogP contribution in [-0.2, 0) is 0 Å². The summed E-state index contributed by atoms with van der Waals surface area (Å²) in [5.41, 5.74) is 0. The summed E-state index contributed by atoms with van der Waals surface area (Å²) >= 11 is 0. The molecule has 1 N–H and O–H groups in total. The van der Waals surface area contributed by atoms with Crippen molar-refractivity contribution >= 4 is 0 Å². The van der Waals surface area contributed by atoms with Crippen LogP contribution in [0.1, 0.15) is 59.8 Å². The van der Waals surface area contributed by atoms with E-state index in [0.29, 0.717) is 6.04 Å². The highest BCUT2D eigenvalue weighted by atomic mass is 15.2. The molecule has 0 bridgehead atoms. The lowest BCUT2D eigenvalue weighted by molar-refractivity contribution is 0.309. The van der Waals surface area contributed by atoms with Gasteiger partial charge in [-0.2, -0.15) is 0 Å². The van der Waals surface area contributed by atoms with E-state index in [4.69, 9.17) is 0 Å². The van der Waals surface area contributed by atoms with Crippen LogP contribution in [-0.4, -0.2) is 37.1 Å². The van der Waals surface area contributed by atoms with Crippen molar-refractivity contribution in [1.29, 1.82) is 0 Å². The zero-order chi connectivity index (χ0) is 13.4. The Kier molecular flexibility index (Phi) is 7.92. The Bertz CT molecular complexity index is 203. The average molecular weight is 254 g/mol. The molecule has 2 unspecified atom stereocenters. The molecule has 0 saturated carbocycles. The zero-order valence-electron chi connectivity index (χ0n) is 13.0. The molecule has 2 heteroatoms. The first kappa shape index (κ1) is 16.0. The van der Waals surface area contributed by atoms with Crippen LogP contribution < -0.4 is 5.32 Å². The number of hydrogen-bond acceptors (Lipinski definition) is 2. The Morgan fingerprint density at radius 3 is 2.67 bits per heavy atom. The van der Waals surface area contributed by atoms with E-state index in [2.05, 4.69) is 37.9 Å². The molecule has 0 spiro atoms. The van der Waals surface area contributed by atoms with Gasteiger partial charge in [0.05, 0.1) is 0 Å². The van der Waals surface area contributed by atoms with Crippen LogP contribution in [0, 0.1) is 11.8 Å². The molecule has 0 aliphatic carbocycles. The number of hydrogen-bond donors (Lipinski definition) is 1. The van der Waals surface area contributed by atoms with Crippen molar-refractivity contribution in [2.45, 2.75) is 65.8 Å². The lowest BCUT2D eigenvalue weighted by atomic mass is 10.0. The molecule has 1 heterocycles. The van der Waals surface area contributed by atoms with Crippen molar-refractivity contribution in [3.8, 4) is 0 Å². The van der Waals surface area contributed by atoms with Crippen LogP contribution in [0.4, 0.5) is 0 Å². The van der Waals surface area contributed by atoms with Gasteiger partial charge in [-0.1, -0.05) is 27.2 Å². The molecule has 108 valence electrons. The largest absolute Gasteiger partial charge is 0.313 e. The minimum Gasteiger partial charge on any atom is -0.313 e. The van der Waals surface area contributed by atoms with Crippen LogP contribution in [0.25, 0.3) is 0 Å². The minimum atomic E-state index is 0.682. The average Bonchev–Trinajstić information content (AvgIpc) is 2.75. The normalized spacial score (nSPS) is 22.8. The Balaban J connectivity index is 2.01. The van der Waals surface area contributed by atoms with Gasteiger partial charge in [0.1, 0.15) is 0 Å². The summed E-state index contributed by atoms with van der Waals surface area (Å²) in [6.07, 6.45) is 6.86. The molecule has 0 aromatic carbocycles. The van der Waals surface area contributed by atoms with Crippen LogP contribution in [0.15, 0.2) is 0 Å². The van der Waals surface area contributed by atoms with Crippen molar-refractivity contribution in [2.75, 3.05) is 26.2 Å². The van der Waals surface area contributed by atoms with Crippen molar-refractivity contribution in [3.05, 3.63) is 0 Å². The predicted octanol–water partition coefficient (Wildman–Crippen LogP) is 3.52. The minimum absolute atomic E-state index is 0.682. The molecule has 0 amide bonds. The molecule has 1 rings (SSSR count). The molecule has 0 radical (unpaired) electrons. The molecule has 1 fully saturated rings. The Hall–Kier alpha value is -0.0800. The molecule has 18 heavy (non-hydrogen) atoms. The second kappa shape index (κ2) is 8.92. The maximum Gasteiger partial charge on any atom is 0.0107 e. The van der Waals surface area contributed by atoms with E-state index in [9.17, 15) is 0 Å². The Morgan fingerprint density at radius 2 is 2.00 bits per heavy atom. The number of rotatable bonds is 9. The maximum atomic E-state index is 3.67. The molecular formula is C16H34N2. The fourth-order valence-electron chi connectivity index (χ4n) is 2.91. The third-order valence-electron chi connectivity index (χ3n) is 4.16. The highest BCUT2D eigenvalue weighted by Crippen LogP contribution is 2.20. The molecule has 2 nitrogen and oxygen atoms in total. The predicted molar refractivity (Wildman–Crippen MR) is 81.0 cm³/mol. The summed E-state index contributed by atoms with van der Waals surface area (Å²) in [4.78, 5) is 2.64. The zero-order valence-corrected chi connectivity index (χ0v) is 13.0. The number of nitrogens with one attached hydrogen (secondary N) is 1. The smallest absolute Gasteiger partial charge is 0.0107 e. The third kappa shape index (κ3) is 6.75. The Labute approximate surface area is 115 Å². The van der Waals surface area contributed by atoms with Gasteiger partial charge in [0.2, 0.25) is 0 Å². The molecular weight excluding hydrogens is 220 g/mol. The molecule has 0 aromatic rings. The SMILES string of the molecule is CCCC1CCN(CCNC(C)CCC(C)C)C1. The lowest BCUT2D eigenvalue weighted by Crippen LogP contribution is -2.35. The fraction of sp³-hybridized carbons (Fsp3) is 1.00. The highest BCUT2D eigenvalue weighted by Gasteiger charge is 2.20. The molecule has 0 aromatic heterocycles. The van der Waals surface area contributed by atoms with Crippen LogP contribution in [0.5, 0.6) is 0 Å². The summed E-state index contributed by atoms with van der Waals surface area (Å²) in [6, 6.07) is 0.682. The molecule has 1 aliphatic heterocycles. The van der Waals surface area contributed by atoms with Gasteiger partial charge in [-0.05, 0) is 51.0 Å². The van der Waals surface area contributed by atoms with Gasteiger partial charge in [0.25, 0.3) is 0 Å². The molecule has 1 aliphatic rings. The van der Waals surface area contributed by atoms with Gasteiger partial charge in [-0.15, -0.1) is 0 Å². The molecule has 2 atom stereocenters. The standard InChI is InChI=1S/C16H34N2/c1-5-6-16-9-11-18(13-16)12-10-17-15(4)8-7-14(2)3/h14-17H,5-13H2,1-4H3. The second-order valence-electron chi connectivity index (χ2n) is 6.57. The van der Waals surface area contributed by atoms with E-state index < -0.39 is 0 Å². The van der Waals surface area contributed by atoms with Crippen molar-refractivity contribution in [2.24, 2.45) is 11.8 Å². The summed E-state index contributed by atoms with van der Waals surface area (Å²) < 4.78 is 0. The summed E-state index contributed by atoms with van der Waals surface area (Å²) in [5.74, 6) is 1.82. The van der Waals surface area contributed by atoms with Gasteiger partial charge < -0.3 is 10.2 Å². The molecule has 1 saturated heterocycles. The van der Waals surface area contributed by atoms with Gasteiger partial charge in [0, 0.05) is 25.7 Å². The first-order chi connectivity index (χ1) is 8.61. The van der Waals surface area contributed by atoms with Gasteiger partial charge in [-0.25, -0.2) is 0 Å². The summed E-state index contributed by atoms with van der Waals surface area (Å²) in [7, 11) is 0. The van der Waals surface area contributed by atoms with E-state index in [-0.39, 0.29) is 0 Å². The van der Waals surface area contributed by atoms with E-state index in [1.165, 1.54) is 51.7 Å². The number of nitrogens with zero attached hydrogens (tertiary/aromatic N) is 1. The lowest BCUT2D eigenvalue weighted by Gasteiger charge is -2.19. The van der Waals surface area contributed by atoms with E-state index in [1.807, 2.05) is 0 Å². The number of likely N-dealkylation sites (tertiary alicyclic amines) is 1. The second-order valence-corrected chi connectivity index (χ2v) is 6.57. The van der Waals surface area contributed by atoms with E-state index in [1.54, 1.807) is 0 Å². The summed E-state index contributed by atoms with van der Waals surface area (Å²) in [6.45, 7) is 14.3. The van der Waals surface area contributed by atoms with Crippen molar-refractivity contribution in [1.82, 2.24) is 10.2 Å². The van der Waals surface area contributed by atoms with Gasteiger partial charge in [-0.3, -0.25) is 0 Å². The summed E-state index contributed by atoms with van der Waals surface area (Å²) in [5, 5.41) is 3.67.